The first-order valence-electron chi connectivity index (χ1n) is 8.52. The fourth-order valence-electron chi connectivity index (χ4n) is 2.84. The van der Waals surface area contributed by atoms with E-state index in [1.54, 1.807) is 15.9 Å². The summed E-state index contributed by atoms with van der Waals surface area (Å²) in [4.78, 5) is 43.7. The van der Waals surface area contributed by atoms with Crippen molar-refractivity contribution in [1.82, 2.24) is 14.8 Å². The molecule has 2 aromatic rings. The van der Waals surface area contributed by atoms with Crippen LogP contribution >= 0.6 is 0 Å². The average molecular weight is 370 g/mol. The molecule has 0 atom stereocenters. The highest BCUT2D eigenvalue weighted by Gasteiger charge is 2.24. The van der Waals surface area contributed by atoms with Crippen LogP contribution in [-0.4, -0.2) is 58.7 Å². The normalized spacial score (nSPS) is 14.0. The van der Waals surface area contributed by atoms with E-state index in [1.165, 1.54) is 43.5 Å². The Bertz CT molecular complexity index is 879. The van der Waals surface area contributed by atoms with E-state index < -0.39 is 11.7 Å². The molecule has 0 saturated carbocycles. The SMILES string of the molecule is CC(=O)N1CCN(C(=O)c2ccnc(C(=O)Nc3ccccc3F)c2)CC1. The third-order valence-corrected chi connectivity index (χ3v) is 4.37. The number of rotatable bonds is 3. The molecule has 3 rings (SSSR count). The van der Waals surface area contributed by atoms with Crippen molar-refractivity contribution in [3.8, 4) is 0 Å². The molecule has 7 nitrogen and oxygen atoms in total. The molecule has 3 amide bonds. The number of nitrogens with zero attached hydrogens (tertiary/aromatic N) is 3. The second-order valence-electron chi connectivity index (χ2n) is 6.16. The smallest absolute Gasteiger partial charge is 0.274 e. The number of halogens is 1. The quantitative estimate of drug-likeness (QED) is 0.893. The van der Waals surface area contributed by atoms with E-state index in [1.807, 2.05) is 0 Å². The van der Waals surface area contributed by atoms with Gasteiger partial charge in [-0.05, 0) is 24.3 Å². The zero-order valence-corrected chi connectivity index (χ0v) is 14.8. The van der Waals surface area contributed by atoms with Gasteiger partial charge in [0, 0.05) is 44.9 Å². The minimum absolute atomic E-state index is 0.0156. The monoisotopic (exact) mass is 370 g/mol. The molecule has 0 radical (unpaired) electrons. The van der Waals surface area contributed by atoms with Gasteiger partial charge in [-0.3, -0.25) is 19.4 Å². The van der Waals surface area contributed by atoms with E-state index in [0.29, 0.717) is 31.7 Å². The largest absolute Gasteiger partial charge is 0.339 e. The summed E-state index contributed by atoms with van der Waals surface area (Å²) in [5, 5.41) is 2.44. The average Bonchev–Trinajstić information content (AvgIpc) is 2.69. The highest BCUT2D eigenvalue weighted by Crippen LogP contribution is 2.15. The van der Waals surface area contributed by atoms with Crippen molar-refractivity contribution < 1.29 is 18.8 Å². The highest BCUT2D eigenvalue weighted by atomic mass is 19.1. The van der Waals surface area contributed by atoms with Crippen LogP contribution in [0.5, 0.6) is 0 Å². The van der Waals surface area contributed by atoms with E-state index in [4.69, 9.17) is 0 Å². The summed E-state index contributed by atoms with van der Waals surface area (Å²) in [5.74, 6) is -1.41. The number of piperazine rings is 1. The Balaban J connectivity index is 1.70. The molecule has 140 valence electrons. The van der Waals surface area contributed by atoms with Gasteiger partial charge in [0.2, 0.25) is 5.91 Å². The Morgan fingerprint density at radius 2 is 1.70 bits per heavy atom. The van der Waals surface area contributed by atoms with Gasteiger partial charge in [-0.15, -0.1) is 0 Å². The number of pyridine rings is 1. The first kappa shape index (κ1) is 18.5. The van der Waals surface area contributed by atoms with E-state index in [9.17, 15) is 18.8 Å². The van der Waals surface area contributed by atoms with Crippen LogP contribution < -0.4 is 5.32 Å². The molecule has 1 saturated heterocycles. The van der Waals surface area contributed by atoms with Gasteiger partial charge in [0.25, 0.3) is 11.8 Å². The molecule has 1 fully saturated rings. The van der Waals surface area contributed by atoms with Gasteiger partial charge in [-0.2, -0.15) is 0 Å². The number of carbonyl (C=O) groups excluding carboxylic acids is 3. The van der Waals surface area contributed by atoms with Crippen molar-refractivity contribution in [2.75, 3.05) is 31.5 Å². The molecule has 1 aliphatic heterocycles. The van der Waals surface area contributed by atoms with Crippen molar-refractivity contribution in [2.24, 2.45) is 0 Å². The van der Waals surface area contributed by atoms with E-state index in [-0.39, 0.29) is 23.2 Å². The predicted molar refractivity (Wildman–Crippen MR) is 96.7 cm³/mol. The Hall–Kier alpha value is -3.29. The first-order chi connectivity index (χ1) is 13.0. The van der Waals surface area contributed by atoms with Gasteiger partial charge < -0.3 is 15.1 Å². The maximum atomic E-state index is 13.7. The molecule has 8 heteroatoms. The van der Waals surface area contributed by atoms with Crippen LogP contribution in [0.25, 0.3) is 0 Å². The number of hydrogen-bond donors (Lipinski definition) is 1. The molecule has 1 N–H and O–H groups in total. The molecule has 1 aliphatic rings. The Morgan fingerprint density at radius 1 is 1.04 bits per heavy atom. The van der Waals surface area contributed by atoms with Crippen LogP contribution in [-0.2, 0) is 4.79 Å². The summed E-state index contributed by atoms with van der Waals surface area (Å²) < 4.78 is 13.7. The van der Waals surface area contributed by atoms with Crippen molar-refractivity contribution in [3.63, 3.8) is 0 Å². The minimum Gasteiger partial charge on any atom is -0.339 e. The third-order valence-electron chi connectivity index (χ3n) is 4.37. The number of aromatic nitrogens is 1. The van der Waals surface area contributed by atoms with Gasteiger partial charge in [-0.25, -0.2) is 4.39 Å². The van der Waals surface area contributed by atoms with Crippen LogP contribution in [0, 0.1) is 5.82 Å². The number of para-hydroxylation sites is 1. The lowest BCUT2D eigenvalue weighted by molar-refractivity contribution is -0.130. The number of anilines is 1. The number of hydrogen-bond acceptors (Lipinski definition) is 4. The summed E-state index contributed by atoms with van der Waals surface area (Å²) >= 11 is 0. The number of nitrogens with one attached hydrogen (secondary N) is 1. The van der Waals surface area contributed by atoms with E-state index in [0.717, 1.165) is 0 Å². The predicted octanol–water partition coefficient (Wildman–Crippen LogP) is 1.78. The summed E-state index contributed by atoms with van der Waals surface area (Å²) in [6.07, 6.45) is 1.37. The number of carbonyl (C=O) groups is 3. The molecular formula is C19H19FN4O3. The van der Waals surface area contributed by atoms with Gasteiger partial charge >= 0.3 is 0 Å². The van der Waals surface area contributed by atoms with Crippen molar-refractivity contribution in [1.29, 1.82) is 0 Å². The molecule has 1 aromatic carbocycles. The summed E-state index contributed by atoms with van der Waals surface area (Å²) in [6, 6.07) is 8.72. The fourth-order valence-corrected chi connectivity index (χ4v) is 2.84. The van der Waals surface area contributed by atoms with E-state index in [2.05, 4.69) is 10.3 Å². The molecular weight excluding hydrogens is 351 g/mol. The maximum Gasteiger partial charge on any atom is 0.274 e. The van der Waals surface area contributed by atoms with Gasteiger partial charge in [0.05, 0.1) is 5.69 Å². The molecule has 27 heavy (non-hydrogen) atoms. The van der Waals surface area contributed by atoms with Crippen molar-refractivity contribution in [2.45, 2.75) is 6.92 Å². The standard InChI is InChI=1S/C19H19FN4O3/c1-13(25)23-8-10-24(11-9-23)19(27)14-6-7-21-17(12-14)18(26)22-16-5-3-2-4-15(16)20/h2-7,12H,8-11H2,1H3,(H,22,26). The Kier molecular flexibility index (Phi) is 5.44. The van der Waals surface area contributed by atoms with Crippen LogP contribution in [0.4, 0.5) is 10.1 Å². The summed E-state index contributed by atoms with van der Waals surface area (Å²) in [7, 11) is 0. The Labute approximate surface area is 155 Å². The molecule has 0 bridgehead atoms. The van der Waals surface area contributed by atoms with Crippen LogP contribution in [0.3, 0.4) is 0 Å². The van der Waals surface area contributed by atoms with Crippen molar-refractivity contribution in [3.05, 3.63) is 59.7 Å². The summed E-state index contributed by atoms with van der Waals surface area (Å²) in [6.45, 7) is 3.31. The highest BCUT2D eigenvalue weighted by molar-refractivity contribution is 6.04. The molecule has 2 heterocycles. The topological polar surface area (TPSA) is 82.6 Å². The van der Waals surface area contributed by atoms with Gasteiger partial charge in [0.1, 0.15) is 11.5 Å². The first-order valence-corrected chi connectivity index (χ1v) is 8.52. The third kappa shape index (κ3) is 4.28. The van der Waals surface area contributed by atoms with Crippen LogP contribution in [0.15, 0.2) is 42.6 Å². The lowest BCUT2D eigenvalue weighted by Crippen LogP contribution is -2.50. The zero-order valence-electron chi connectivity index (χ0n) is 14.8. The zero-order chi connectivity index (χ0) is 19.4. The van der Waals surface area contributed by atoms with Crippen LogP contribution in [0.1, 0.15) is 27.8 Å². The molecule has 0 aliphatic carbocycles. The second kappa shape index (κ2) is 7.94. The van der Waals surface area contributed by atoms with E-state index >= 15 is 0 Å². The molecule has 1 aromatic heterocycles. The lowest BCUT2D eigenvalue weighted by Gasteiger charge is -2.34. The molecule has 0 unspecified atom stereocenters. The second-order valence-corrected chi connectivity index (χ2v) is 6.16. The Morgan fingerprint density at radius 3 is 2.37 bits per heavy atom. The number of amides is 3. The molecule has 0 spiro atoms. The fraction of sp³-hybridized carbons (Fsp3) is 0.263. The lowest BCUT2D eigenvalue weighted by atomic mass is 10.1. The van der Waals surface area contributed by atoms with Crippen molar-refractivity contribution >= 4 is 23.4 Å². The van der Waals surface area contributed by atoms with Gasteiger partial charge in [0.15, 0.2) is 0 Å². The minimum atomic E-state index is -0.601. The van der Waals surface area contributed by atoms with Gasteiger partial charge in [-0.1, -0.05) is 12.1 Å². The summed E-state index contributed by atoms with van der Waals surface area (Å²) in [5.41, 5.74) is 0.382. The number of benzene rings is 1. The maximum absolute atomic E-state index is 13.7. The van der Waals surface area contributed by atoms with Crippen LogP contribution in [0.2, 0.25) is 0 Å².